The summed E-state index contributed by atoms with van der Waals surface area (Å²) in [5.74, 6) is 1.07. The van der Waals surface area contributed by atoms with Crippen LogP contribution in [0.1, 0.15) is 44.2 Å². The van der Waals surface area contributed by atoms with Gasteiger partial charge in [-0.2, -0.15) is 0 Å². The van der Waals surface area contributed by atoms with E-state index in [-0.39, 0.29) is 17.5 Å². The molecule has 0 bridgehead atoms. The fourth-order valence-electron chi connectivity index (χ4n) is 3.32. The molecule has 3 rings (SSSR count). The first kappa shape index (κ1) is 11.0. The molecule has 2 aliphatic rings. The lowest BCUT2D eigenvalue weighted by Gasteiger charge is -2.41. The first-order valence-electron chi connectivity index (χ1n) is 6.35. The molecule has 1 aliphatic carbocycles. The van der Waals surface area contributed by atoms with Gasteiger partial charge >= 0.3 is 0 Å². The van der Waals surface area contributed by atoms with E-state index in [9.17, 15) is 4.39 Å². The highest BCUT2D eigenvalue weighted by molar-refractivity contribution is 5.39. The molecule has 0 amide bonds. The van der Waals surface area contributed by atoms with E-state index < -0.39 is 0 Å². The summed E-state index contributed by atoms with van der Waals surface area (Å²) in [4.78, 5) is 0. The number of hydrogen-bond donors (Lipinski definition) is 1. The predicted molar refractivity (Wildman–Crippen MR) is 64.3 cm³/mol. The van der Waals surface area contributed by atoms with Gasteiger partial charge < -0.3 is 10.5 Å². The van der Waals surface area contributed by atoms with Crippen molar-refractivity contribution in [2.24, 2.45) is 11.7 Å². The summed E-state index contributed by atoms with van der Waals surface area (Å²) in [5, 5.41) is 0. The molecule has 1 heterocycles. The Morgan fingerprint density at radius 2 is 2.29 bits per heavy atom. The lowest BCUT2D eigenvalue weighted by Crippen LogP contribution is -2.45. The number of benzene rings is 1. The second-order valence-corrected chi connectivity index (χ2v) is 5.45. The summed E-state index contributed by atoms with van der Waals surface area (Å²) < 4.78 is 19.4. The molecule has 1 aliphatic heterocycles. The highest BCUT2D eigenvalue weighted by atomic mass is 19.1. The Morgan fingerprint density at radius 3 is 3.00 bits per heavy atom. The Balaban J connectivity index is 2.01. The maximum absolute atomic E-state index is 13.2. The van der Waals surface area contributed by atoms with Gasteiger partial charge in [-0.25, -0.2) is 4.39 Å². The summed E-state index contributed by atoms with van der Waals surface area (Å²) >= 11 is 0. The van der Waals surface area contributed by atoms with E-state index >= 15 is 0 Å². The van der Waals surface area contributed by atoms with Crippen molar-refractivity contribution in [3.8, 4) is 5.75 Å². The fourth-order valence-corrected chi connectivity index (χ4v) is 3.32. The molecule has 1 aromatic carbocycles. The van der Waals surface area contributed by atoms with Gasteiger partial charge in [-0.05, 0) is 43.4 Å². The first-order chi connectivity index (χ1) is 8.11. The minimum atomic E-state index is -0.238. The van der Waals surface area contributed by atoms with Gasteiger partial charge in [0.15, 0.2) is 0 Å². The maximum atomic E-state index is 13.2. The number of hydrogen-bond acceptors (Lipinski definition) is 2. The maximum Gasteiger partial charge on any atom is 0.125 e. The molecule has 1 spiro atoms. The monoisotopic (exact) mass is 235 g/mol. The molecule has 0 radical (unpaired) electrons. The standard InChI is InChI=1S/C14H18FNO/c1-9-3-2-6-14(9)8-12(16)11-7-10(15)4-5-13(11)17-14/h4-5,7,9,12H,2-3,6,8,16H2,1H3. The van der Waals surface area contributed by atoms with Gasteiger partial charge in [0.05, 0.1) is 0 Å². The molecule has 1 aromatic rings. The summed E-state index contributed by atoms with van der Waals surface area (Å²) in [7, 11) is 0. The second-order valence-electron chi connectivity index (χ2n) is 5.45. The van der Waals surface area contributed by atoms with Gasteiger partial charge in [-0.3, -0.25) is 0 Å². The third-order valence-electron chi connectivity index (χ3n) is 4.39. The van der Waals surface area contributed by atoms with Crippen LogP contribution in [0.2, 0.25) is 0 Å². The van der Waals surface area contributed by atoms with E-state index in [0.29, 0.717) is 5.92 Å². The van der Waals surface area contributed by atoms with Crippen LogP contribution in [-0.2, 0) is 0 Å². The summed E-state index contributed by atoms with van der Waals surface area (Å²) in [5.41, 5.74) is 6.89. The van der Waals surface area contributed by atoms with E-state index in [2.05, 4.69) is 6.92 Å². The highest BCUT2D eigenvalue weighted by Crippen LogP contribution is 2.49. The van der Waals surface area contributed by atoms with Crippen molar-refractivity contribution in [1.29, 1.82) is 0 Å². The van der Waals surface area contributed by atoms with Crippen LogP contribution in [-0.4, -0.2) is 5.60 Å². The minimum Gasteiger partial charge on any atom is -0.487 e. The Labute approximate surface area is 101 Å². The minimum absolute atomic E-state index is 0.102. The van der Waals surface area contributed by atoms with Gasteiger partial charge in [-0.15, -0.1) is 0 Å². The molecule has 2 N–H and O–H groups in total. The van der Waals surface area contributed by atoms with Gasteiger partial charge in [0.25, 0.3) is 0 Å². The van der Waals surface area contributed by atoms with Crippen LogP contribution in [0.3, 0.4) is 0 Å². The van der Waals surface area contributed by atoms with Crippen LogP contribution in [0, 0.1) is 11.7 Å². The van der Waals surface area contributed by atoms with E-state index in [1.165, 1.54) is 25.0 Å². The molecule has 0 saturated heterocycles. The van der Waals surface area contributed by atoms with E-state index in [4.69, 9.17) is 10.5 Å². The van der Waals surface area contributed by atoms with Crippen molar-refractivity contribution in [2.75, 3.05) is 0 Å². The van der Waals surface area contributed by atoms with Crippen LogP contribution in [0.5, 0.6) is 5.75 Å². The molecule has 0 aromatic heterocycles. The quantitative estimate of drug-likeness (QED) is 0.749. The Hall–Kier alpha value is -1.09. The lowest BCUT2D eigenvalue weighted by molar-refractivity contribution is 0.00651. The van der Waals surface area contributed by atoms with Crippen molar-refractivity contribution in [3.63, 3.8) is 0 Å². The molecule has 17 heavy (non-hydrogen) atoms. The Bertz CT molecular complexity index is 448. The van der Waals surface area contributed by atoms with E-state index in [1.807, 2.05) is 0 Å². The van der Waals surface area contributed by atoms with Crippen LogP contribution >= 0.6 is 0 Å². The first-order valence-corrected chi connectivity index (χ1v) is 6.35. The van der Waals surface area contributed by atoms with Crippen molar-refractivity contribution in [1.82, 2.24) is 0 Å². The second kappa shape index (κ2) is 3.70. The molecule has 3 atom stereocenters. The summed E-state index contributed by atoms with van der Waals surface area (Å²) in [6.07, 6.45) is 4.27. The highest BCUT2D eigenvalue weighted by Gasteiger charge is 2.46. The number of fused-ring (bicyclic) bond motifs is 1. The average Bonchev–Trinajstić information content (AvgIpc) is 2.62. The largest absolute Gasteiger partial charge is 0.487 e. The lowest BCUT2D eigenvalue weighted by atomic mass is 9.81. The zero-order valence-electron chi connectivity index (χ0n) is 10.1. The van der Waals surface area contributed by atoms with Crippen LogP contribution in [0.4, 0.5) is 4.39 Å². The van der Waals surface area contributed by atoms with Crippen molar-refractivity contribution in [3.05, 3.63) is 29.6 Å². The van der Waals surface area contributed by atoms with Crippen LogP contribution in [0.15, 0.2) is 18.2 Å². The van der Waals surface area contributed by atoms with Crippen LogP contribution < -0.4 is 10.5 Å². The average molecular weight is 235 g/mol. The van der Waals surface area contributed by atoms with Crippen molar-refractivity contribution >= 4 is 0 Å². The summed E-state index contributed by atoms with van der Waals surface area (Å²) in [6, 6.07) is 4.57. The number of rotatable bonds is 0. The number of nitrogens with two attached hydrogens (primary N) is 1. The normalized spacial score (nSPS) is 35.7. The molecule has 1 fully saturated rings. The van der Waals surface area contributed by atoms with Gasteiger partial charge in [0.1, 0.15) is 17.2 Å². The SMILES string of the molecule is CC1CCCC12CC(N)c1cc(F)ccc1O2. The van der Waals surface area contributed by atoms with Gasteiger partial charge in [0.2, 0.25) is 0 Å². The third-order valence-corrected chi connectivity index (χ3v) is 4.39. The molecule has 3 heteroatoms. The summed E-state index contributed by atoms with van der Waals surface area (Å²) in [6.45, 7) is 2.23. The van der Waals surface area contributed by atoms with E-state index in [0.717, 1.165) is 24.2 Å². The molecule has 3 unspecified atom stereocenters. The predicted octanol–water partition coefficient (Wildman–Crippen LogP) is 3.17. The molecule has 2 nitrogen and oxygen atoms in total. The van der Waals surface area contributed by atoms with Crippen LogP contribution in [0.25, 0.3) is 0 Å². The molecular weight excluding hydrogens is 217 g/mol. The van der Waals surface area contributed by atoms with Crippen molar-refractivity contribution < 1.29 is 9.13 Å². The topological polar surface area (TPSA) is 35.2 Å². The van der Waals surface area contributed by atoms with E-state index in [1.54, 1.807) is 6.07 Å². The third kappa shape index (κ3) is 1.64. The smallest absolute Gasteiger partial charge is 0.125 e. The number of halogens is 1. The molecule has 1 saturated carbocycles. The number of ether oxygens (including phenoxy) is 1. The molecular formula is C14H18FNO. The zero-order chi connectivity index (χ0) is 12.0. The van der Waals surface area contributed by atoms with Gasteiger partial charge in [-0.1, -0.05) is 6.92 Å². The van der Waals surface area contributed by atoms with Gasteiger partial charge in [0, 0.05) is 18.0 Å². The molecule has 92 valence electrons. The Kier molecular flexibility index (Phi) is 2.40. The zero-order valence-corrected chi connectivity index (χ0v) is 10.1. The van der Waals surface area contributed by atoms with Crippen molar-refractivity contribution in [2.45, 2.75) is 44.2 Å². The fraction of sp³-hybridized carbons (Fsp3) is 0.571. The Morgan fingerprint density at radius 1 is 1.47 bits per heavy atom.